The van der Waals surface area contributed by atoms with Crippen molar-refractivity contribution in [2.24, 2.45) is 5.14 Å². The Hall–Kier alpha value is -3.37. The van der Waals surface area contributed by atoms with Crippen LogP contribution in [0.4, 0.5) is 5.69 Å². The number of nitrogens with zero attached hydrogens (tertiary/aromatic N) is 1. The summed E-state index contributed by atoms with van der Waals surface area (Å²) in [5.74, 6) is -1.53. The monoisotopic (exact) mass is 417 g/mol. The molecular weight excluding hydrogens is 398 g/mol. The molecule has 0 aliphatic carbocycles. The molecule has 0 bridgehead atoms. The lowest BCUT2D eigenvalue weighted by atomic mass is 10.1. The number of anilines is 1. The molecule has 4 N–H and O–H groups in total. The van der Waals surface area contributed by atoms with E-state index in [4.69, 9.17) is 9.98 Å². The van der Waals surface area contributed by atoms with Gasteiger partial charge in [-0.15, -0.1) is 4.73 Å². The van der Waals surface area contributed by atoms with Crippen molar-refractivity contribution in [3.63, 3.8) is 0 Å². The Bertz CT molecular complexity index is 1250. The number of amides is 1. The molecule has 0 unspecified atom stereocenters. The highest BCUT2D eigenvalue weighted by atomic mass is 32.2. The third-order valence-electron chi connectivity index (χ3n) is 4.11. The van der Waals surface area contributed by atoms with Gasteiger partial charge in [0, 0.05) is 5.39 Å². The molecule has 29 heavy (non-hydrogen) atoms. The van der Waals surface area contributed by atoms with Crippen molar-refractivity contribution in [1.29, 1.82) is 0 Å². The summed E-state index contributed by atoms with van der Waals surface area (Å²) in [7, 11) is -4.12. The quantitative estimate of drug-likeness (QED) is 0.554. The molecule has 0 aliphatic rings. The maximum absolute atomic E-state index is 12.9. The first-order valence-corrected chi connectivity index (χ1v) is 10.2. The highest BCUT2D eigenvalue weighted by Crippen LogP contribution is 2.27. The summed E-state index contributed by atoms with van der Waals surface area (Å²) in [6.07, 6.45) is 0.616. The summed E-state index contributed by atoms with van der Waals surface area (Å²) in [6, 6.07) is 11.9. The van der Waals surface area contributed by atoms with Crippen LogP contribution in [0, 0.1) is 0 Å². The van der Waals surface area contributed by atoms with E-state index in [0.29, 0.717) is 11.9 Å². The molecule has 0 saturated carbocycles. The maximum Gasteiger partial charge on any atom is 0.300 e. The van der Waals surface area contributed by atoms with Crippen molar-refractivity contribution in [3.8, 4) is 5.75 Å². The number of fused-ring (bicyclic) bond motifs is 1. The zero-order valence-electron chi connectivity index (χ0n) is 15.5. The van der Waals surface area contributed by atoms with Gasteiger partial charge in [-0.25, -0.2) is 13.6 Å². The molecule has 0 aliphatic heterocycles. The van der Waals surface area contributed by atoms with E-state index in [1.165, 1.54) is 30.3 Å². The number of primary sulfonamides is 1. The maximum atomic E-state index is 12.9. The van der Waals surface area contributed by atoms with E-state index < -0.39 is 32.8 Å². The Morgan fingerprint density at radius 2 is 1.83 bits per heavy atom. The third kappa shape index (κ3) is 3.93. The molecule has 3 aromatic rings. The molecule has 3 rings (SSSR count). The molecule has 1 aromatic heterocycles. The van der Waals surface area contributed by atoms with Gasteiger partial charge in [0.25, 0.3) is 11.5 Å². The van der Waals surface area contributed by atoms with Crippen molar-refractivity contribution in [3.05, 3.63) is 64.4 Å². The Balaban J connectivity index is 2.16. The number of aromatic hydroxyl groups is 1. The van der Waals surface area contributed by atoms with Gasteiger partial charge >= 0.3 is 0 Å². The normalized spacial score (nSPS) is 11.4. The fraction of sp³-hybridized carbons (Fsp3) is 0.158. The number of pyridine rings is 1. The predicted molar refractivity (Wildman–Crippen MR) is 107 cm³/mol. The summed E-state index contributed by atoms with van der Waals surface area (Å²) in [5, 5.41) is 18.3. The molecule has 10 heteroatoms. The van der Waals surface area contributed by atoms with Crippen LogP contribution in [0.3, 0.4) is 0 Å². The van der Waals surface area contributed by atoms with Crippen LogP contribution in [0.15, 0.2) is 58.2 Å². The Kier molecular flexibility index (Phi) is 5.57. The number of nitrogens with one attached hydrogen (secondary N) is 1. The Labute approximate surface area is 166 Å². The predicted octanol–water partition coefficient (Wildman–Crippen LogP) is 1.45. The smallest absolute Gasteiger partial charge is 0.300 e. The van der Waals surface area contributed by atoms with Crippen LogP contribution >= 0.6 is 0 Å². The lowest BCUT2D eigenvalue weighted by Crippen LogP contribution is -2.34. The molecule has 1 heterocycles. The van der Waals surface area contributed by atoms with Crippen molar-refractivity contribution in [1.82, 2.24) is 4.73 Å². The van der Waals surface area contributed by atoms with Crippen molar-refractivity contribution in [2.75, 3.05) is 11.9 Å². The van der Waals surface area contributed by atoms with Gasteiger partial charge in [-0.1, -0.05) is 31.2 Å². The van der Waals surface area contributed by atoms with Gasteiger partial charge in [0.15, 0.2) is 5.56 Å². The van der Waals surface area contributed by atoms with Crippen LogP contribution in [0.2, 0.25) is 0 Å². The second kappa shape index (κ2) is 7.94. The lowest BCUT2D eigenvalue weighted by Gasteiger charge is -2.15. The lowest BCUT2D eigenvalue weighted by molar-refractivity contribution is 0.0986. The molecule has 0 radical (unpaired) electrons. The van der Waals surface area contributed by atoms with Crippen molar-refractivity contribution in [2.45, 2.75) is 18.2 Å². The van der Waals surface area contributed by atoms with Gasteiger partial charge < -0.3 is 15.3 Å². The van der Waals surface area contributed by atoms with E-state index in [-0.39, 0.29) is 22.6 Å². The van der Waals surface area contributed by atoms with Crippen LogP contribution in [0.1, 0.15) is 23.7 Å². The minimum absolute atomic E-state index is 0.118. The first kappa shape index (κ1) is 20.4. The van der Waals surface area contributed by atoms with E-state index in [1.807, 2.05) is 6.92 Å². The average Bonchev–Trinajstić information content (AvgIpc) is 2.67. The van der Waals surface area contributed by atoms with Crippen LogP contribution in [-0.4, -0.2) is 30.8 Å². The van der Waals surface area contributed by atoms with Crippen molar-refractivity contribution < 1.29 is 23.2 Å². The van der Waals surface area contributed by atoms with E-state index in [9.17, 15) is 23.1 Å². The first-order valence-electron chi connectivity index (χ1n) is 8.69. The molecule has 1 amide bonds. The highest BCUT2D eigenvalue weighted by molar-refractivity contribution is 7.89. The van der Waals surface area contributed by atoms with Crippen LogP contribution < -0.4 is 20.9 Å². The zero-order valence-corrected chi connectivity index (χ0v) is 16.3. The highest BCUT2D eigenvalue weighted by Gasteiger charge is 2.24. The van der Waals surface area contributed by atoms with Crippen LogP contribution in [0.5, 0.6) is 5.75 Å². The number of sulfonamides is 1. The van der Waals surface area contributed by atoms with E-state index >= 15 is 0 Å². The average molecular weight is 417 g/mol. The minimum Gasteiger partial charge on any atom is -0.506 e. The van der Waals surface area contributed by atoms with Gasteiger partial charge in [0.1, 0.15) is 17.3 Å². The minimum atomic E-state index is -4.12. The number of rotatable bonds is 6. The summed E-state index contributed by atoms with van der Waals surface area (Å²) < 4.78 is 24.4. The summed E-state index contributed by atoms with van der Waals surface area (Å²) in [5.41, 5.74) is -1.28. The van der Waals surface area contributed by atoms with Gasteiger partial charge in [-0.2, -0.15) is 0 Å². The number of hydrogen-bond donors (Lipinski definition) is 3. The fourth-order valence-electron chi connectivity index (χ4n) is 2.82. The number of para-hydroxylation sites is 2. The zero-order chi connectivity index (χ0) is 21.2. The number of aromatic nitrogens is 1. The second-order valence-corrected chi connectivity index (χ2v) is 7.70. The molecule has 2 aromatic carbocycles. The van der Waals surface area contributed by atoms with Crippen LogP contribution in [0.25, 0.3) is 10.9 Å². The summed E-state index contributed by atoms with van der Waals surface area (Å²) >= 11 is 0. The molecule has 0 saturated heterocycles. The van der Waals surface area contributed by atoms with Gasteiger partial charge in [0.05, 0.1) is 11.2 Å². The first-order chi connectivity index (χ1) is 13.8. The Morgan fingerprint density at radius 3 is 2.52 bits per heavy atom. The van der Waals surface area contributed by atoms with Gasteiger partial charge in [-0.05, 0) is 30.7 Å². The molecule has 0 fully saturated rings. The molecule has 9 nitrogen and oxygen atoms in total. The number of carbonyl (C=O) groups excluding carboxylic acids is 1. The fourth-order valence-corrected chi connectivity index (χ4v) is 3.51. The summed E-state index contributed by atoms with van der Waals surface area (Å²) in [4.78, 5) is 30.9. The van der Waals surface area contributed by atoms with Crippen molar-refractivity contribution >= 4 is 32.5 Å². The van der Waals surface area contributed by atoms with Crippen LogP contribution in [-0.2, 0) is 10.0 Å². The number of carbonyl (C=O) groups is 1. The topological polar surface area (TPSA) is 141 Å². The van der Waals surface area contributed by atoms with E-state index in [0.717, 1.165) is 4.73 Å². The molecular formula is C19H19N3O6S. The van der Waals surface area contributed by atoms with E-state index in [1.54, 1.807) is 18.2 Å². The van der Waals surface area contributed by atoms with E-state index in [2.05, 4.69) is 5.32 Å². The molecule has 0 spiro atoms. The van der Waals surface area contributed by atoms with Gasteiger partial charge in [-0.3, -0.25) is 9.59 Å². The third-order valence-corrected chi connectivity index (χ3v) is 5.08. The van der Waals surface area contributed by atoms with Gasteiger partial charge in [0.2, 0.25) is 10.0 Å². The SMILES string of the molecule is CCCOn1c(=O)c(C(=O)Nc2ccccc2S(N)(=O)=O)c(O)c2ccccc21. The Morgan fingerprint density at radius 1 is 1.17 bits per heavy atom. The number of hydrogen-bond acceptors (Lipinski definition) is 6. The summed E-state index contributed by atoms with van der Waals surface area (Å²) in [6.45, 7) is 2.06. The standard InChI is InChI=1S/C19H19N3O6S/c1-2-11-28-22-14-9-5-3-7-12(14)17(23)16(19(22)25)18(24)21-13-8-4-6-10-15(13)29(20,26)27/h3-10,23H,2,11H2,1H3,(H,21,24)(H2,20,26,27). The molecule has 152 valence electrons. The second-order valence-electron chi connectivity index (χ2n) is 6.17. The number of benzene rings is 2. The largest absolute Gasteiger partial charge is 0.506 e. The molecule has 0 atom stereocenters. The number of nitrogens with two attached hydrogens (primary N) is 1.